The van der Waals surface area contributed by atoms with Crippen LogP contribution in [0.25, 0.3) is 0 Å². The van der Waals surface area contributed by atoms with E-state index in [2.05, 4.69) is 10.6 Å². The van der Waals surface area contributed by atoms with Gasteiger partial charge in [-0.3, -0.25) is 4.79 Å². The lowest BCUT2D eigenvalue weighted by molar-refractivity contribution is -0.141. The second kappa shape index (κ2) is 6.02. The standard InChI is InChI=1S/C12H16N2O4/c1-12(18,7-10(15)16)8-13-11(17)14-9-5-3-2-4-6-9/h2-6,18H,7-8H2,1H3,(H,15,16)(H2,13,14,17). The molecule has 1 atom stereocenters. The number of nitrogens with one attached hydrogen (secondary N) is 2. The van der Waals surface area contributed by atoms with Crippen LogP contribution in [-0.4, -0.2) is 34.4 Å². The molecule has 0 radical (unpaired) electrons. The average Bonchev–Trinajstić information content (AvgIpc) is 2.26. The number of benzene rings is 1. The predicted octanol–water partition coefficient (Wildman–Crippen LogP) is 1.03. The number of carboxylic acids is 1. The van der Waals surface area contributed by atoms with Gasteiger partial charge in [-0.1, -0.05) is 18.2 Å². The van der Waals surface area contributed by atoms with Crippen LogP contribution in [0.15, 0.2) is 30.3 Å². The first-order valence-electron chi connectivity index (χ1n) is 5.43. The lowest BCUT2D eigenvalue weighted by atomic mass is 10.0. The van der Waals surface area contributed by atoms with Gasteiger partial charge in [-0.2, -0.15) is 0 Å². The highest BCUT2D eigenvalue weighted by Crippen LogP contribution is 2.08. The number of carboxylic acid groups (broad SMARTS) is 1. The molecule has 2 amide bonds. The number of hydrogen-bond acceptors (Lipinski definition) is 3. The number of aliphatic carboxylic acids is 1. The topological polar surface area (TPSA) is 98.7 Å². The zero-order valence-corrected chi connectivity index (χ0v) is 10.0. The second-order valence-electron chi connectivity index (χ2n) is 4.24. The third-order valence-corrected chi connectivity index (χ3v) is 2.19. The molecule has 6 heteroatoms. The monoisotopic (exact) mass is 252 g/mol. The minimum Gasteiger partial charge on any atom is -0.481 e. The number of aliphatic hydroxyl groups is 1. The molecule has 0 heterocycles. The van der Waals surface area contributed by atoms with Crippen LogP contribution in [0.3, 0.4) is 0 Å². The van der Waals surface area contributed by atoms with Crippen LogP contribution >= 0.6 is 0 Å². The third-order valence-electron chi connectivity index (χ3n) is 2.19. The van der Waals surface area contributed by atoms with Gasteiger partial charge in [0.1, 0.15) is 0 Å². The van der Waals surface area contributed by atoms with E-state index in [1.165, 1.54) is 6.92 Å². The highest BCUT2D eigenvalue weighted by molar-refractivity contribution is 5.89. The summed E-state index contributed by atoms with van der Waals surface area (Å²) < 4.78 is 0. The van der Waals surface area contributed by atoms with Crippen LogP contribution in [0.4, 0.5) is 10.5 Å². The molecule has 0 aliphatic carbocycles. The number of rotatable bonds is 5. The SMILES string of the molecule is CC(O)(CNC(=O)Nc1ccccc1)CC(=O)O. The van der Waals surface area contributed by atoms with Gasteiger partial charge in [-0.15, -0.1) is 0 Å². The van der Waals surface area contributed by atoms with Crippen molar-refractivity contribution >= 4 is 17.7 Å². The van der Waals surface area contributed by atoms with Crippen molar-refractivity contribution in [1.82, 2.24) is 5.32 Å². The van der Waals surface area contributed by atoms with Gasteiger partial charge in [0, 0.05) is 12.2 Å². The van der Waals surface area contributed by atoms with Crippen molar-refractivity contribution in [2.24, 2.45) is 0 Å². The minimum atomic E-state index is -1.47. The van der Waals surface area contributed by atoms with Crippen molar-refractivity contribution in [2.75, 3.05) is 11.9 Å². The Kier molecular flexibility index (Phi) is 4.67. The molecule has 0 aliphatic rings. The summed E-state index contributed by atoms with van der Waals surface area (Å²) in [6.07, 6.45) is -0.432. The Morgan fingerprint density at radius 3 is 2.44 bits per heavy atom. The molecular weight excluding hydrogens is 236 g/mol. The van der Waals surface area contributed by atoms with E-state index in [0.29, 0.717) is 5.69 Å². The largest absolute Gasteiger partial charge is 0.481 e. The molecule has 18 heavy (non-hydrogen) atoms. The molecule has 0 saturated heterocycles. The third kappa shape index (κ3) is 5.31. The van der Waals surface area contributed by atoms with E-state index in [0.717, 1.165) is 0 Å². The first kappa shape index (κ1) is 14.0. The maximum absolute atomic E-state index is 11.5. The summed E-state index contributed by atoms with van der Waals surface area (Å²) in [5.41, 5.74) is -0.854. The number of urea groups is 1. The Balaban J connectivity index is 2.40. The fraction of sp³-hybridized carbons (Fsp3) is 0.333. The molecule has 0 saturated carbocycles. The minimum absolute atomic E-state index is 0.141. The van der Waals surface area contributed by atoms with Crippen LogP contribution in [0.1, 0.15) is 13.3 Å². The van der Waals surface area contributed by atoms with Crippen molar-refractivity contribution < 1.29 is 19.8 Å². The molecular formula is C12H16N2O4. The van der Waals surface area contributed by atoms with Crippen LogP contribution < -0.4 is 10.6 Å². The fourth-order valence-electron chi connectivity index (χ4n) is 1.36. The Morgan fingerprint density at radius 1 is 1.28 bits per heavy atom. The van der Waals surface area contributed by atoms with E-state index < -0.39 is 24.0 Å². The molecule has 6 nitrogen and oxygen atoms in total. The molecule has 4 N–H and O–H groups in total. The van der Waals surface area contributed by atoms with Crippen molar-refractivity contribution in [3.05, 3.63) is 30.3 Å². The van der Waals surface area contributed by atoms with Crippen LogP contribution in [0.2, 0.25) is 0 Å². The number of para-hydroxylation sites is 1. The molecule has 1 unspecified atom stereocenters. The van der Waals surface area contributed by atoms with E-state index >= 15 is 0 Å². The van der Waals surface area contributed by atoms with Crippen molar-refractivity contribution in [3.8, 4) is 0 Å². The maximum atomic E-state index is 11.5. The van der Waals surface area contributed by atoms with Gasteiger partial charge in [-0.25, -0.2) is 4.79 Å². The van der Waals surface area contributed by atoms with Gasteiger partial charge in [0.2, 0.25) is 0 Å². The van der Waals surface area contributed by atoms with Crippen molar-refractivity contribution in [1.29, 1.82) is 0 Å². The first-order chi connectivity index (χ1) is 8.39. The zero-order valence-electron chi connectivity index (χ0n) is 10.0. The number of amides is 2. The Hall–Kier alpha value is -2.08. The molecule has 0 aromatic heterocycles. The fourth-order valence-corrected chi connectivity index (χ4v) is 1.36. The van der Waals surface area contributed by atoms with Crippen LogP contribution in [0.5, 0.6) is 0 Å². The van der Waals surface area contributed by atoms with Crippen LogP contribution in [0, 0.1) is 0 Å². The maximum Gasteiger partial charge on any atom is 0.319 e. The van der Waals surface area contributed by atoms with Gasteiger partial charge in [0.25, 0.3) is 0 Å². The van der Waals surface area contributed by atoms with Gasteiger partial charge in [-0.05, 0) is 19.1 Å². The summed E-state index contributed by atoms with van der Waals surface area (Å²) in [5, 5.41) is 23.2. The molecule has 0 aliphatic heterocycles. The van der Waals surface area contributed by atoms with E-state index in [1.807, 2.05) is 6.07 Å². The predicted molar refractivity (Wildman–Crippen MR) is 66.3 cm³/mol. The molecule has 0 spiro atoms. The number of hydrogen-bond donors (Lipinski definition) is 4. The zero-order chi connectivity index (χ0) is 13.6. The van der Waals surface area contributed by atoms with E-state index in [4.69, 9.17) is 5.11 Å². The summed E-state index contributed by atoms with van der Waals surface area (Å²) in [6.45, 7) is 1.21. The van der Waals surface area contributed by atoms with Crippen LogP contribution in [-0.2, 0) is 4.79 Å². The Labute approximate surface area is 105 Å². The summed E-state index contributed by atoms with van der Waals surface area (Å²) in [5.74, 6) is -1.12. The van der Waals surface area contributed by atoms with Gasteiger partial charge >= 0.3 is 12.0 Å². The van der Waals surface area contributed by atoms with Crippen molar-refractivity contribution in [3.63, 3.8) is 0 Å². The quantitative estimate of drug-likeness (QED) is 0.629. The molecule has 0 bridgehead atoms. The second-order valence-corrected chi connectivity index (χ2v) is 4.24. The van der Waals surface area contributed by atoms with E-state index in [-0.39, 0.29) is 6.54 Å². The number of carbonyl (C=O) groups excluding carboxylic acids is 1. The number of anilines is 1. The first-order valence-corrected chi connectivity index (χ1v) is 5.43. The molecule has 0 fully saturated rings. The van der Waals surface area contributed by atoms with Gasteiger partial charge in [0.05, 0.1) is 12.0 Å². The molecule has 1 aromatic carbocycles. The van der Waals surface area contributed by atoms with Gasteiger partial charge in [0.15, 0.2) is 0 Å². The smallest absolute Gasteiger partial charge is 0.319 e. The molecule has 98 valence electrons. The highest BCUT2D eigenvalue weighted by atomic mass is 16.4. The highest BCUT2D eigenvalue weighted by Gasteiger charge is 2.24. The average molecular weight is 252 g/mol. The summed E-state index contributed by atoms with van der Waals surface area (Å²) >= 11 is 0. The van der Waals surface area contributed by atoms with Crippen molar-refractivity contribution in [2.45, 2.75) is 18.9 Å². The lowest BCUT2D eigenvalue weighted by Gasteiger charge is -2.21. The summed E-state index contributed by atoms with van der Waals surface area (Å²) in [7, 11) is 0. The van der Waals surface area contributed by atoms with Gasteiger partial charge < -0.3 is 20.8 Å². The lowest BCUT2D eigenvalue weighted by Crippen LogP contribution is -2.43. The Morgan fingerprint density at radius 2 is 1.89 bits per heavy atom. The van der Waals surface area contributed by atoms with E-state index in [9.17, 15) is 14.7 Å². The molecule has 1 rings (SSSR count). The Bertz CT molecular complexity index is 417. The number of carbonyl (C=O) groups is 2. The summed E-state index contributed by atoms with van der Waals surface area (Å²) in [6, 6.07) is 8.31. The normalized spacial score (nSPS) is 13.4. The summed E-state index contributed by atoms with van der Waals surface area (Å²) in [4.78, 5) is 21.9. The van der Waals surface area contributed by atoms with E-state index in [1.54, 1.807) is 24.3 Å². The molecule has 1 aromatic rings.